The third-order valence-corrected chi connectivity index (χ3v) is 4.55. The molecule has 19 heavy (non-hydrogen) atoms. The van der Waals surface area contributed by atoms with Crippen LogP contribution in [0, 0.1) is 6.92 Å². The summed E-state index contributed by atoms with van der Waals surface area (Å²) in [5.41, 5.74) is 8.46. The maximum Gasteiger partial charge on any atom is 0.0176 e. The summed E-state index contributed by atoms with van der Waals surface area (Å²) in [5, 5.41) is 0. The molecule has 0 fully saturated rings. The normalized spacial score (nSPS) is 12.4. The van der Waals surface area contributed by atoms with Crippen molar-refractivity contribution < 1.29 is 0 Å². The third-order valence-electron chi connectivity index (χ3n) is 2.84. The van der Waals surface area contributed by atoms with Gasteiger partial charge in [0.2, 0.25) is 0 Å². The zero-order chi connectivity index (χ0) is 13.8. The maximum absolute atomic E-state index is 5.84. The summed E-state index contributed by atoms with van der Waals surface area (Å²) in [5.74, 6) is 0. The van der Waals surface area contributed by atoms with Crippen molar-refractivity contribution in [3.05, 3.63) is 58.1 Å². The fourth-order valence-electron chi connectivity index (χ4n) is 1.95. The van der Waals surface area contributed by atoms with Crippen molar-refractivity contribution >= 4 is 27.7 Å². The van der Waals surface area contributed by atoms with Gasteiger partial charge in [0.1, 0.15) is 0 Å². The van der Waals surface area contributed by atoms with Gasteiger partial charge < -0.3 is 5.73 Å². The highest BCUT2D eigenvalue weighted by Crippen LogP contribution is 2.31. The molecular formula is C16H18BrNS. The first-order valence-corrected chi connectivity index (χ1v) is 7.94. The van der Waals surface area contributed by atoms with Gasteiger partial charge >= 0.3 is 0 Å². The molecule has 2 aromatic rings. The van der Waals surface area contributed by atoms with E-state index < -0.39 is 0 Å². The molecule has 100 valence electrons. The molecule has 2 N–H and O–H groups in total. The monoisotopic (exact) mass is 335 g/mol. The van der Waals surface area contributed by atoms with Crippen molar-refractivity contribution in [2.45, 2.75) is 36.1 Å². The minimum absolute atomic E-state index is 0.212. The number of halogens is 1. The van der Waals surface area contributed by atoms with Crippen LogP contribution in [0.2, 0.25) is 0 Å². The number of nitrogens with two attached hydrogens (primary N) is 1. The van der Waals surface area contributed by atoms with Crippen LogP contribution in [0.3, 0.4) is 0 Å². The molecule has 0 aromatic heterocycles. The van der Waals surface area contributed by atoms with Gasteiger partial charge in [-0.25, -0.2) is 0 Å². The number of benzene rings is 2. The Hall–Kier alpha value is -0.770. The van der Waals surface area contributed by atoms with Gasteiger partial charge in [0.15, 0.2) is 0 Å². The fourth-order valence-corrected chi connectivity index (χ4v) is 3.10. The lowest BCUT2D eigenvalue weighted by Crippen LogP contribution is -2.17. The smallest absolute Gasteiger partial charge is 0.0176 e. The lowest BCUT2D eigenvalue weighted by molar-refractivity contribution is 0.737. The van der Waals surface area contributed by atoms with Crippen LogP contribution in [0.5, 0.6) is 0 Å². The van der Waals surface area contributed by atoms with Crippen molar-refractivity contribution in [3.8, 4) is 0 Å². The van der Waals surface area contributed by atoms with Gasteiger partial charge in [-0.3, -0.25) is 0 Å². The SMILES string of the molecule is Cc1cc(CC(C)N)ccc1Sc1ccc(Br)cc1. The minimum atomic E-state index is 0.212. The zero-order valence-electron chi connectivity index (χ0n) is 11.2. The van der Waals surface area contributed by atoms with Gasteiger partial charge in [0, 0.05) is 20.3 Å². The molecule has 3 heteroatoms. The molecule has 0 bridgehead atoms. The molecule has 0 aliphatic carbocycles. The van der Waals surface area contributed by atoms with Crippen LogP contribution in [0.15, 0.2) is 56.7 Å². The zero-order valence-corrected chi connectivity index (χ0v) is 13.6. The van der Waals surface area contributed by atoms with Gasteiger partial charge in [-0.15, -0.1) is 0 Å². The molecule has 1 atom stereocenters. The average Bonchev–Trinajstić information content (AvgIpc) is 2.34. The number of hydrogen-bond donors (Lipinski definition) is 1. The van der Waals surface area contributed by atoms with Crippen molar-refractivity contribution in [3.63, 3.8) is 0 Å². The second kappa shape index (κ2) is 6.60. The molecule has 0 saturated heterocycles. The van der Waals surface area contributed by atoms with E-state index in [0.717, 1.165) is 10.9 Å². The van der Waals surface area contributed by atoms with Crippen LogP contribution in [-0.2, 0) is 6.42 Å². The molecule has 0 amide bonds. The molecule has 0 saturated carbocycles. The molecular weight excluding hydrogens is 318 g/mol. The summed E-state index contributed by atoms with van der Waals surface area (Å²) in [6.07, 6.45) is 0.935. The Morgan fingerprint density at radius 2 is 1.84 bits per heavy atom. The highest BCUT2D eigenvalue weighted by Gasteiger charge is 2.04. The lowest BCUT2D eigenvalue weighted by Gasteiger charge is -2.10. The summed E-state index contributed by atoms with van der Waals surface area (Å²) in [6.45, 7) is 4.20. The third kappa shape index (κ3) is 4.37. The van der Waals surface area contributed by atoms with Crippen LogP contribution in [0.4, 0.5) is 0 Å². The molecule has 1 nitrogen and oxygen atoms in total. The molecule has 0 heterocycles. The standard InChI is InChI=1S/C16H18BrNS/c1-11-9-13(10-12(2)18)3-8-16(11)19-15-6-4-14(17)5-7-15/h3-9,12H,10,18H2,1-2H3. The number of hydrogen-bond acceptors (Lipinski definition) is 2. The van der Waals surface area contributed by atoms with Gasteiger partial charge in [0.05, 0.1) is 0 Å². The molecule has 0 aliphatic rings. The molecule has 1 unspecified atom stereocenters. The summed E-state index contributed by atoms with van der Waals surface area (Å²) < 4.78 is 1.11. The predicted molar refractivity (Wildman–Crippen MR) is 86.8 cm³/mol. The Bertz CT molecular complexity index is 549. The minimum Gasteiger partial charge on any atom is -0.328 e. The van der Waals surface area contributed by atoms with Crippen molar-refractivity contribution in [1.29, 1.82) is 0 Å². The van der Waals surface area contributed by atoms with Gasteiger partial charge in [0.25, 0.3) is 0 Å². The topological polar surface area (TPSA) is 26.0 Å². The fraction of sp³-hybridized carbons (Fsp3) is 0.250. The van der Waals surface area contributed by atoms with E-state index in [2.05, 4.69) is 65.3 Å². The molecule has 0 spiro atoms. The van der Waals surface area contributed by atoms with Crippen molar-refractivity contribution in [2.24, 2.45) is 5.73 Å². The highest BCUT2D eigenvalue weighted by atomic mass is 79.9. The van der Waals surface area contributed by atoms with Crippen LogP contribution < -0.4 is 5.73 Å². The summed E-state index contributed by atoms with van der Waals surface area (Å²) in [4.78, 5) is 2.56. The Labute approximate surface area is 127 Å². The second-order valence-electron chi connectivity index (χ2n) is 4.84. The van der Waals surface area contributed by atoms with Gasteiger partial charge in [-0.05, 0) is 61.7 Å². The first kappa shape index (κ1) is 14.6. The van der Waals surface area contributed by atoms with Crippen molar-refractivity contribution in [2.75, 3.05) is 0 Å². The van der Waals surface area contributed by atoms with Gasteiger partial charge in [-0.1, -0.05) is 39.8 Å². The average molecular weight is 336 g/mol. The van der Waals surface area contributed by atoms with Crippen molar-refractivity contribution in [1.82, 2.24) is 0 Å². The Kier molecular flexibility index (Phi) is 5.08. The quantitative estimate of drug-likeness (QED) is 0.868. The summed E-state index contributed by atoms with van der Waals surface area (Å²) in [6, 6.07) is 15.2. The van der Waals surface area contributed by atoms with E-state index in [1.807, 2.05) is 6.92 Å². The molecule has 0 aliphatic heterocycles. The Morgan fingerprint density at radius 3 is 2.42 bits per heavy atom. The van der Waals surface area contributed by atoms with Crippen LogP contribution in [-0.4, -0.2) is 6.04 Å². The first-order chi connectivity index (χ1) is 9.04. The Morgan fingerprint density at radius 1 is 1.16 bits per heavy atom. The summed E-state index contributed by atoms with van der Waals surface area (Å²) in [7, 11) is 0. The first-order valence-electron chi connectivity index (χ1n) is 6.33. The van der Waals surface area contributed by atoms with E-state index in [1.165, 1.54) is 20.9 Å². The predicted octanol–water partition coefficient (Wildman–Crippen LogP) is 4.80. The van der Waals surface area contributed by atoms with E-state index in [1.54, 1.807) is 11.8 Å². The summed E-state index contributed by atoms with van der Waals surface area (Å²) >= 11 is 5.26. The number of rotatable bonds is 4. The largest absolute Gasteiger partial charge is 0.328 e. The van der Waals surface area contributed by atoms with E-state index in [-0.39, 0.29) is 6.04 Å². The lowest BCUT2D eigenvalue weighted by atomic mass is 10.1. The van der Waals surface area contributed by atoms with E-state index >= 15 is 0 Å². The van der Waals surface area contributed by atoms with E-state index in [0.29, 0.717) is 0 Å². The Balaban J connectivity index is 2.15. The van der Waals surface area contributed by atoms with Crippen LogP contribution in [0.25, 0.3) is 0 Å². The van der Waals surface area contributed by atoms with Crippen LogP contribution >= 0.6 is 27.7 Å². The highest BCUT2D eigenvalue weighted by molar-refractivity contribution is 9.10. The second-order valence-corrected chi connectivity index (χ2v) is 6.87. The molecule has 2 rings (SSSR count). The maximum atomic E-state index is 5.84. The van der Waals surface area contributed by atoms with E-state index in [4.69, 9.17) is 5.73 Å². The number of aryl methyl sites for hydroxylation is 1. The van der Waals surface area contributed by atoms with Gasteiger partial charge in [-0.2, -0.15) is 0 Å². The molecule has 2 aromatic carbocycles. The molecule has 0 radical (unpaired) electrons. The van der Waals surface area contributed by atoms with E-state index in [9.17, 15) is 0 Å². The van der Waals surface area contributed by atoms with Crippen LogP contribution in [0.1, 0.15) is 18.1 Å².